The van der Waals surface area contributed by atoms with Crippen molar-refractivity contribution in [2.24, 2.45) is 0 Å². The van der Waals surface area contributed by atoms with Crippen molar-refractivity contribution < 1.29 is 4.79 Å². The minimum absolute atomic E-state index is 0.145. The summed E-state index contributed by atoms with van der Waals surface area (Å²) in [5, 5.41) is 6.45. The van der Waals surface area contributed by atoms with Gasteiger partial charge in [-0.1, -0.05) is 25.7 Å². The van der Waals surface area contributed by atoms with Gasteiger partial charge in [0.1, 0.15) is 5.69 Å². The van der Waals surface area contributed by atoms with E-state index in [2.05, 4.69) is 20.6 Å². The molecule has 6 nitrogen and oxygen atoms in total. The van der Waals surface area contributed by atoms with Crippen LogP contribution in [0.5, 0.6) is 0 Å². The van der Waals surface area contributed by atoms with Crippen LogP contribution < -0.4 is 10.6 Å². The Hall–Kier alpha value is -1.95. The number of nitrogens with zero attached hydrogens (tertiary/aromatic N) is 3. The van der Waals surface area contributed by atoms with E-state index in [0.717, 1.165) is 6.54 Å². The predicted octanol–water partition coefficient (Wildman–Crippen LogP) is 1.77. The van der Waals surface area contributed by atoms with Crippen LogP contribution in [0.3, 0.4) is 0 Å². The van der Waals surface area contributed by atoms with Crippen molar-refractivity contribution >= 4 is 11.7 Å². The summed E-state index contributed by atoms with van der Waals surface area (Å²) in [6.07, 6.45) is 13.1. The normalized spacial score (nSPS) is 16.5. The van der Waals surface area contributed by atoms with E-state index in [-0.39, 0.29) is 5.91 Å². The number of aromatic nitrogens is 3. The molecule has 0 aromatic carbocycles. The summed E-state index contributed by atoms with van der Waals surface area (Å²) in [6, 6.07) is 2.42. The fraction of sp³-hybridized carbons (Fsp3) is 0.562. The number of hydrogen-bond acceptors (Lipinski definition) is 4. The number of nitrogens with one attached hydrogen (secondary N) is 2. The molecule has 3 rings (SSSR count). The van der Waals surface area contributed by atoms with Crippen LogP contribution >= 0.6 is 0 Å². The molecule has 1 fully saturated rings. The van der Waals surface area contributed by atoms with E-state index in [0.29, 0.717) is 24.1 Å². The number of amides is 1. The Kier molecular flexibility index (Phi) is 5.00. The van der Waals surface area contributed by atoms with Gasteiger partial charge >= 0.3 is 0 Å². The summed E-state index contributed by atoms with van der Waals surface area (Å²) >= 11 is 0. The van der Waals surface area contributed by atoms with Crippen LogP contribution in [0, 0.1) is 0 Å². The highest BCUT2D eigenvalue weighted by Gasteiger charge is 2.12. The molecular formula is C16H23N5O. The van der Waals surface area contributed by atoms with Crippen LogP contribution in [0.4, 0.5) is 0 Å². The standard InChI is InChI=1S/C16H23N5O/c22-15(14-12-21-11-5-8-19-16(21)20-14)18-10-9-17-13-6-3-1-2-4-7-13/h5,8,11-13,17H,1-4,6-7,9-10H2,(H,18,22). The highest BCUT2D eigenvalue weighted by molar-refractivity contribution is 5.92. The van der Waals surface area contributed by atoms with Gasteiger partial charge in [-0.3, -0.25) is 9.20 Å². The lowest BCUT2D eigenvalue weighted by Crippen LogP contribution is -2.37. The maximum absolute atomic E-state index is 12.1. The number of imidazole rings is 1. The molecular weight excluding hydrogens is 278 g/mol. The van der Waals surface area contributed by atoms with Crippen molar-refractivity contribution in [2.75, 3.05) is 13.1 Å². The molecule has 1 saturated carbocycles. The summed E-state index contributed by atoms with van der Waals surface area (Å²) in [6.45, 7) is 1.43. The molecule has 6 heteroatoms. The van der Waals surface area contributed by atoms with E-state index >= 15 is 0 Å². The molecule has 2 aromatic rings. The molecule has 2 aromatic heterocycles. The van der Waals surface area contributed by atoms with E-state index in [9.17, 15) is 4.79 Å². The Balaban J connectivity index is 1.44. The number of hydrogen-bond donors (Lipinski definition) is 2. The summed E-state index contributed by atoms with van der Waals surface area (Å²) in [4.78, 5) is 20.4. The van der Waals surface area contributed by atoms with Crippen LogP contribution in [0.1, 0.15) is 49.0 Å². The second-order valence-electron chi connectivity index (χ2n) is 5.85. The molecule has 2 heterocycles. The molecule has 2 N–H and O–H groups in total. The molecule has 1 amide bonds. The number of fused-ring (bicyclic) bond motifs is 1. The first-order valence-corrected chi connectivity index (χ1v) is 8.14. The fourth-order valence-corrected chi connectivity index (χ4v) is 2.97. The fourth-order valence-electron chi connectivity index (χ4n) is 2.97. The van der Waals surface area contributed by atoms with Crippen LogP contribution in [-0.2, 0) is 0 Å². The molecule has 0 spiro atoms. The minimum Gasteiger partial charge on any atom is -0.349 e. The topological polar surface area (TPSA) is 71.3 Å². The predicted molar refractivity (Wildman–Crippen MR) is 84.8 cm³/mol. The van der Waals surface area contributed by atoms with Gasteiger partial charge in [0.15, 0.2) is 0 Å². The lowest BCUT2D eigenvalue weighted by atomic mass is 10.1. The molecule has 118 valence electrons. The average molecular weight is 301 g/mol. The van der Waals surface area contributed by atoms with E-state index < -0.39 is 0 Å². The third-order valence-electron chi connectivity index (χ3n) is 4.17. The molecule has 0 aliphatic heterocycles. The third kappa shape index (κ3) is 3.82. The van der Waals surface area contributed by atoms with Gasteiger partial charge in [-0.15, -0.1) is 0 Å². The first-order valence-electron chi connectivity index (χ1n) is 8.14. The summed E-state index contributed by atoms with van der Waals surface area (Å²) in [5.74, 6) is 0.400. The van der Waals surface area contributed by atoms with Crippen molar-refractivity contribution in [3.8, 4) is 0 Å². The van der Waals surface area contributed by atoms with Crippen LogP contribution in [0.2, 0.25) is 0 Å². The lowest BCUT2D eigenvalue weighted by Gasteiger charge is -2.16. The Morgan fingerprint density at radius 2 is 2.05 bits per heavy atom. The SMILES string of the molecule is O=C(NCCNC1CCCCCC1)c1cn2cccnc2n1. The maximum Gasteiger partial charge on any atom is 0.271 e. The van der Waals surface area contributed by atoms with Crippen LogP contribution in [-0.4, -0.2) is 39.4 Å². The van der Waals surface area contributed by atoms with Crippen molar-refractivity contribution in [1.82, 2.24) is 25.0 Å². The van der Waals surface area contributed by atoms with Crippen molar-refractivity contribution in [2.45, 2.75) is 44.6 Å². The Morgan fingerprint density at radius 1 is 1.23 bits per heavy atom. The second-order valence-corrected chi connectivity index (χ2v) is 5.85. The zero-order valence-electron chi connectivity index (χ0n) is 12.8. The number of carbonyl (C=O) groups excluding carboxylic acids is 1. The van der Waals surface area contributed by atoms with Gasteiger partial charge in [0.2, 0.25) is 5.78 Å². The molecule has 0 saturated heterocycles. The van der Waals surface area contributed by atoms with E-state index in [1.807, 2.05) is 12.3 Å². The second kappa shape index (κ2) is 7.35. The molecule has 22 heavy (non-hydrogen) atoms. The Bertz CT molecular complexity index is 583. The van der Waals surface area contributed by atoms with Crippen LogP contribution in [0.25, 0.3) is 5.78 Å². The number of carbonyl (C=O) groups is 1. The molecule has 0 bridgehead atoms. The molecule has 0 atom stereocenters. The smallest absolute Gasteiger partial charge is 0.271 e. The van der Waals surface area contributed by atoms with Crippen LogP contribution in [0.15, 0.2) is 24.7 Å². The molecule has 1 aliphatic rings. The molecule has 0 radical (unpaired) electrons. The van der Waals surface area contributed by atoms with Gasteiger partial charge in [-0.25, -0.2) is 9.97 Å². The Labute approximate surface area is 130 Å². The lowest BCUT2D eigenvalue weighted by molar-refractivity contribution is 0.0949. The number of rotatable bonds is 5. The van der Waals surface area contributed by atoms with Gasteiger partial charge in [0, 0.05) is 37.7 Å². The van der Waals surface area contributed by atoms with Gasteiger partial charge in [0.25, 0.3) is 5.91 Å². The van der Waals surface area contributed by atoms with Gasteiger partial charge in [0.05, 0.1) is 0 Å². The highest BCUT2D eigenvalue weighted by Crippen LogP contribution is 2.16. The van der Waals surface area contributed by atoms with Crippen molar-refractivity contribution in [3.05, 3.63) is 30.4 Å². The van der Waals surface area contributed by atoms with Gasteiger partial charge in [-0.2, -0.15) is 0 Å². The van der Waals surface area contributed by atoms with Gasteiger partial charge < -0.3 is 10.6 Å². The minimum atomic E-state index is -0.145. The monoisotopic (exact) mass is 301 g/mol. The Morgan fingerprint density at radius 3 is 2.82 bits per heavy atom. The third-order valence-corrected chi connectivity index (χ3v) is 4.17. The summed E-state index contributed by atoms with van der Waals surface area (Å²) in [5.41, 5.74) is 0.410. The van der Waals surface area contributed by atoms with Crippen molar-refractivity contribution in [1.29, 1.82) is 0 Å². The van der Waals surface area contributed by atoms with E-state index in [4.69, 9.17) is 0 Å². The largest absolute Gasteiger partial charge is 0.349 e. The highest BCUT2D eigenvalue weighted by atomic mass is 16.1. The van der Waals surface area contributed by atoms with E-state index in [1.54, 1.807) is 16.8 Å². The molecule has 0 unspecified atom stereocenters. The molecule has 1 aliphatic carbocycles. The zero-order valence-corrected chi connectivity index (χ0v) is 12.8. The zero-order chi connectivity index (χ0) is 15.2. The first kappa shape index (κ1) is 15.0. The quantitative estimate of drug-likeness (QED) is 0.652. The van der Waals surface area contributed by atoms with Gasteiger partial charge in [-0.05, 0) is 18.9 Å². The summed E-state index contributed by atoms with van der Waals surface area (Å²) < 4.78 is 1.75. The average Bonchev–Trinajstić information content (AvgIpc) is 2.81. The first-order chi connectivity index (χ1) is 10.8. The maximum atomic E-state index is 12.1. The van der Waals surface area contributed by atoms with Crippen molar-refractivity contribution in [3.63, 3.8) is 0 Å². The van der Waals surface area contributed by atoms with E-state index in [1.165, 1.54) is 38.5 Å². The summed E-state index contributed by atoms with van der Waals surface area (Å²) in [7, 11) is 0.